The van der Waals surface area contributed by atoms with E-state index in [4.69, 9.17) is 5.73 Å². The van der Waals surface area contributed by atoms with E-state index in [1.54, 1.807) is 0 Å². The summed E-state index contributed by atoms with van der Waals surface area (Å²) < 4.78 is 64.1. The van der Waals surface area contributed by atoms with Crippen LogP contribution in [0.1, 0.15) is 18.0 Å². The molecule has 2 N–H and O–H groups in total. The lowest BCUT2D eigenvalue weighted by Crippen LogP contribution is -2.20. The molecule has 2 nitrogen and oxygen atoms in total. The summed E-state index contributed by atoms with van der Waals surface area (Å²) in [6, 6.07) is 3.63. The summed E-state index contributed by atoms with van der Waals surface area (Å²) in [5.74, 6) is -0.213. The molecule has 1 atom stereocenters. The number of halogens is 6. The minimum atomic E-state index is -4.40. The monoisotopic (exact) mass is 291 g/mol. The smallest absolute Gasteiger partial charge is 0.390 e. The van der Waals surface area contributed by atoms with Gasteiger partial charge in [-0.15, -0.1) is 12.4 Å². The number of hydrogen-bond acceptors (Lipinski definition) is 2. The predicted molar refractivity (Wildman–Crippen MR) is 57.9 cm³/mol. The van der Waals surface area contributed by atoms with Gasteiger partial charge in [-0.3, -0.25) is 0 Å². The van der Waals surface area contributed by atoms with Gasteiger partial charge in [0.15, 0.2) is 0 Å². The average molecular weight is 292 g/mol. The fourth-order valence-electron chi connectivity index (χ4n) is 1.29. The second-order valence-corrected chi connectivity index (χ2v) is 3.38. The lowest BCUT2D eigenvalue weighted by atomic mass is 10.0. The molecule has 0 aliphatic carbocycles. The fourth-order valence-corrected chi connectivity index (χ4v) is 1.29. The second kappa shape index (κ2) is 6.75. The Balaban J connectivity index is 0.00000289. The molecule has 0 saturated heterocycles. The number of nitrogens with two attached hydrogens (primary N) is 1. The maximum absolute atomic E-state index is 12.1. The summed E-state index contributed by atoms with van der Waals surface area (Å²) in [6.07, 6.45) is -5.62. The van der Waals surface area contributed by atoms with Crippen molar-refractivity contribution in [2.24, 2.45) is 5.73 Å². The molecule has 0 aromatic heterocycles. The Bertz CT molecular complexity index is 372. The van der Waals surface area contributed by atoms with Crippen LogP contribution in [0, 0.1) is 0 Å². The molecule has 8 heteroatoms. The summed E-state index contributed by atoms with van der Waals surface area (Å²) in [6.45, 7) is -3.02. The highest BCUT2D eigenvalue weighted by Gasteiger charge is 2.31. The normalized spacial score (nSPS) is 13.1. The van der Waals surface area contributed by atoms with E-state index < -0.39 is 25.3 Å². The molecule has 0 aliphatic heterocycles. The standard InChI is InChI=1S/C10H10F5NO.ClH/c11-9(12)17-7-3-1-2-6(4-7)8(16)5-10(13,14)15;/h1-4,8-9H,5,16H2;1H/t8-;/m0./s1. The minimum absolute atomic E-state index is 0. The van der Waals surface area contributed by atoms with Crippen LogP contribution in [0.2, 0.25) is 0 Å². The van der Waals surface area contributed by atoms with Crippen molar-refractivity contribution >= 4 is 12.4 Å². The zero-order valence-electron chi connectivity index (χ0n) is 8.95. The zero-order valence-corrected chi connectivity index (χ0v) is 9.77. The lowest BCUT2D eigenvalue weighted by molar-refractivity contribution is -0.138. The van der Waals surface area contributed by atoms with E-state index in [0.717, 1.165) is 6.07 Å². The molecule has 18 heavy (non-hydrogen) atoms. The first kappa shape index (κ1) is 16.9. The minimum Gasteiger partial charge on any atom is -0.435 e. The Labute approximate surface area is 106 Å². The fraction of sp³-hybridized carbons (Fsp3) is 0.400. The molecule has 1 aromatic rings. The van der Waals surface area contributed by atoms with Crippen LogP contribution in [0.5, 0.6) is 5.75 Å². The van der Waals surface area contributed by atoms with Crippen LogP contribution in [0.15, 0.2) is 24.3 Å². The summed E-state index contributed by atoms with van der Waals surface area (Å²) in [5.41, 5.74) is 5.42. The van der Waals surface area contributed by atoms with Crippen molar-refractivity contribution in [1.82, 2.24) is 0 Å². The topological polar surface area (TPSA) is 35.2 Å². The van der Waals surface area contributed by atoms with Crippen LogP contribution < -0.4 is 10.5 Å². The lowest BCUT2D eigenvalue weighted by Gasteiger charge is -2.15. The number of rotatable bonds is 4. The van der Waals surface area contributed by atoms with E-state index in [0.29, 0.717) is 0 Å². The molecule has 0 radical (unpaired) electrons. The number of benzene rings is 1. The van der Waals surface area contributed by atoms with Gasteiger partial charge in [-0.05, 0) is 17.7 Å². The molecule has 0 aliphatic rings. The van der Waals surface area contributed by atoms with Crippen molar-refractivity contribution in [1.29, 1.82) is 0 Å². The van der Waals surface area contributed by atoms with Crippen LogP contribution in [0.3, 0.4) is 0 Å². The number of hydrogen-bond donors (Lipinski definition) is 1. The quantitative estimate of drug-likeness (QED) is 0.859. The highest BCUT2D eigenvalue weighted by atomic mass is 35.5. The molecule has 0 heterocycles. The van der Waals surface area contributed by atoms with Crippen LogP contribution >= 0.6 is 12.4 Å². The van der Waals surface area contributed by atoms with E-state index in [9.17, 15) is 22.0 Å². The van der Waals surface area contributed by atoms with E-state index in [1.807, 2.05) is 0 Å². The van der Waals surface area contributed by atoms with Crippen LogP contribution in [0.4, 0.5) is 22.0 Å². The molecule has 0 fully saturated rings. The van der Waals surface area contributed by atoms with Crippen molar-refractivity contribution in [2.75, 3.05) is 0 Å². The van der Waals surface area contributed by atoms with E-state index in [1.165, 1.54) is 18.2 Å². The van der Waals surface area contributed by atoms with Gasteiger partial charge in [0.25, 0.3) is 0 Å². The first-order valence-electron chi connectivity index (χ1n) is 4.65. The van der Waals surface area contributed by atoms with Gasteiger partial charge >= 0.3 is 12.8 Å². The third kappa shape index (κ3) is 6.02. The third-order valence-corrected chi connectivity index (χ3v) is 1.96. The first-order chi connectivity index (χ1) is 7.78. The van der Waals surface area contributed by atoms with Crippen molar-refractivity contribution < 1.29 is 26.7 Å². The third-order valence-electron chi connectivity index (χ3n) is 1.96. The molecule has 0 amide bonds. The molecule has 0 spiro atoms. The molecule has 0 bridgehead atoms. The average Bonchev–Trinajstić information content (AvgIpc) is 2.14. The summed E-state index contributed by atoms with van der Waals surface area (Å²) in [5, 5.41) is 0. The number of alkyl halides is 5. The Morgan fingerprint density at radius 3 is 2.33 bits per heavy atom. The van der Waals surface area contributed by atoms with E-state index >= 15 is 0 Å². The van der Waals surface area contributed by atoms with Crippen molar-refractivity contribution in [3.8, 4) is 5.75 Å². The highest BCUT2D eigenvalue weighted by molar-refractivity contribution is 5.85. The van der Waals surface area contributed by atoms with Gasteiger partial charge in [0.1, 0.15) is 5.75 Å². The summed E-state index contributed by atoms with van der Waals surface area (Å²) in [7, 11) is 0. The highest BCUT2D eigenvalue weighted by Crippen LogP contribution is 2.29. The SMILES string of the molecule is Cl.N[C@@H](CC(F)(F)F)c1cccc(OC(F)F)c1. The summed E-state index contributed by atoms with van der Waals surface area (Å²) in [4.78, 5) is 0. The zero-order chi connectivity index (χ0) is 13.1. The maximum atomic E-state index is 12.1. The van der Waals surface area contributed by atoms with Crippen molar-refractivity contribution in [3.63, 3.8) is 0 Å². The van der Waals surface area contributed by atoms with Gasteiger partial charge in [-0.25, -0.2) is 0 Å². The van der Waals surface area contributed by atoms with Gasteiger partial charge in [0.2, 0.25) is 0 Å². The van der Waals surface area contributed by atoms with Crippen molar-refractivity contribution in [3.05, 3.63) is 29.8 Å². The van der Waals surface area contributed by atoms with Crippen LogP contribution in [-0.2, 0) is 0 Å². The van der Waals surface area contributed by atoms with Crippen LogP contribution in [0.25, 0.3) is 0 Å². The van der Waals surface area contributed by atoms with Gasteiger partial charge in [-0.1, -0.05) is 12.1 Å². The molecule has 1 rings (SSSR count). The first-order valence-corrected chi connectivity index (χ1v) is 4.65. The van der Waals surface area contributed by atoms with Gasteiger partial charge in [0, 0.05) is 6.04 Å². The van der Waals surface area contributed by atoms with Gasteiger partial charge in [0.05, 0.1) is 6.42 Å². The Morgan fingerprint density at radius 1 is 1.22 bits per heavy atom. The summed E-state index contributed by atoms with van der Waals surface area (Å²) >= 11 is 0. The molecule has 0 saturated carbocycles. The molecular weight excluding hydrogens is 281 g/mol. The molecule has 0 unspecified atom stereocenters. The largest absolute Gasteiger partial charge is 0.435 e. The Kier molecular flexibility index (Phi) is 6.34. The number of ether oxygens (including phenoxy) is 1. The second-order valence-electron chi connectivity index (χ2n) is 3.38. The van der Waals surface area contributed by atoms with Gasteiger partial charge in [-0.2, -0.15) is 22.0 Å². The van der Waals surface area contributed by atoms with E-state index in [2.05, 4.69) is 4.74 Å². The van der Waals surface area contributed by atoms with Crippen LogP contribution in [-0.4, -0.2) is 12.8 Å². The maximum Gasteiger partial charge on any atom is 0.390 e. The van der Waals surface area contributed by atoms with E-state index in [-0.39, 0.29) is 23.7 Å². The Hall–Kier alpha value is -1.08. The Morgan fingerprint density at radius 2 is 1.83 bits per heavy atom. The predicted octanol–water partition coefficient (Wildman–Crippen LogP) is 3.66. The van der Waals surface area contributed by atoms with Gasteiger partial charge < -0.3 is 10.5 Å². The molecule has 1 aromatic carbocycles. The molecular formula is C10H11ClF5NO. The van der Waals surface area contributed by atoms with Crippen molar-refractivity contribution in [2.45, 2.75) is 25.3 Å². The molecule has 104 valence electrons.